The minimum absolute atomic E-state index is 0.0660. The predicted octanol–water partition coefficient (Wildman–Crippen LogP) is 2.35. The van der Waals surface area contributed by atoms with E-state index in [1.165, 1.54) is 17.6 Å². The second-order valence-corrected chi connectivity index (χ2v) is 5.53. The Balaban J connectivity index is 1.75. The first-order valence-corrected chi connectivity index (χ1v) is 7.24. The van der Waals surface area contributed by atoms with Crippen LogP contribution in [0.15, 0.2) is 34.7 Å². The van der Waals surface area contributed by atoms with Crippen molar-refractivity contribution in [2.45, 2.75) is 0 Å². The van der Waals surface area contributed by atoms with Gasteiger partial charge in [0.25, 0.3) is 0 Å². The first kappa shape index (κ1) is 13.7. The highest BCUT2D eigenvalue weighted by atomic mass is 35.5. The van der Waals surface area contributed by atoms with E-state index in [2.05, 4.69) is 15.4 Å². The molecule has 1 N–H and O–H groups in total. The van der Waals surface area contributed by atoms with Crippen LogP contribution in [0.1, 0.15) is 5.69 Å². The van der Waals surface area contributed by atoms with Crippen molar-refractivity contribution in [1.82, 2.24) is 15.3 Å². The monoisotopic (exact) mass is 320 g/mol. The Hall–Kier alpha value is -2.25. The molecule has 2 aromatic rings. The summed E-state index contributed by atoms with van der Waals surface area (Å²) in [5.41, 5.74) is 1.58. The van der Waals surface area contributed by atoms with Crippen molar-refractivity contribution in [2.75, 3.05) is 6.54 Å². The number of aromatic nitrogens is 1. The molecule has 1 fully saturated rings. The smallest absolute Gasteiger partial charge is 0.275 e. The topological polar surface area (TPSA) is 74.7 Å². The minimum Gasteiger partial charge on any atom is -0.275 e. The van der Waals surface area contributed by atoms with E-state index in [1.54, 1.807) is 12.1 Å². The zero-order valence-electron chi connectivity index (χ0n) is 10.6. The zero-order valence-corrected chi connectivity index (χ0v) is 12.2. The minimum atomic E-state index is -0.524. The van der Waals surface area contributed by atoms with Crippen LogP contribution in [0.3, 0.4) is 0 Å². The van der Waals surface area contributed by atoms with Crippen molar-refractivity contribution in [2.24, 2.45) is 5.10 Å². The molecule has 6 nitrogen and oxygen atoms in total. The van der Waals surface area contributed by atoms with Gasteiger partial charge in [-0.05, 0) is 12.1 Å². The SMILES string of the molecule is O=C1CN(/N=C\c2csc(-c3ccc(Cl)cc3)n2)C(=O)N1. The number of urea groups is 1. The van der Waals surface area contributed by atoms with E-state index >= 15 is 0 Å². The molecule has 0 saturated carbocycles. The Kier molecular flexibility index (Phi) is 3.68. The number of rotatable bonds is 3. The number of benzene rings is 1. The lowest BCUT2D eigenvalue weighted by Crippen LogP contribution is -2.24. The Morgan fingerprint density at radius 1 is 1.33 bits per heavy atom. The molecule has 0 bridgehead atoms. The Labute approximate surface area is 129 Å². The van der Waals surface area contributed by atoms with E-state index in [1.807, 2.05) is 17.5 Å². The Morgan fingerprint density at radius 2 is 2.10 bits per heavy atom. The summed E-state index contributed by atoms with van der Waals surface area (Å²) in [6.45, 7) is -0.0660. The van der Waals surface area contributed by atoms with Crippen molar-refractivity contribution in [3.05, 3.63) is 40.4 Å². The summed E-state index contributed by atoms with van der Waals surface area (Å²) in [7, 11) is 0. The quantitative estimate of drug-likeness (QED) is 0.696. The van der Waals surface area contributed by atoms with Gasteiger partial charge in [-0.25, -0.2) is 14.8 Å². The molecule has 3 rings (SSSR count). The van der Waals surface area contributed by atoms with E-state index < -0.39 is 6.03 Å². The molecule has 2 heterocycles. The average molecular weight is 321 g/mol. The number of imide groups is 1. The maximum Gasteiger partial charge on any atom is 0.344 e. The number of halogens is 1. The molecular formula is C13H9ClN4O2S. The first-order chi connectivity index (χ1) is 10.1. The van der Waals surface area contributed by atoms with Crippen LogP contribution in [0.5, 0.6) is 0 Å². The van der Waals surface area contributed by atoms with Gasteiger partial charge in [-0.2, -0.15) is 5.10 Å². The van der Waals surface area contributed by atoms with E-state index in [-0.39, 0.29) is 12.5 Å². The summed E-state index contributed by atoms with van der Waals surface area (Å²) in [5, 5.41) is 10.5. The second-order valence-electron chi connectivity index (χ2n) is 4.24. The van der Waals surface area contributed by atoms with Crippen molar-refractivity contribution < 1.29 is 9.59 Å². The van der Waals surface area contributed by atoms with Crippen LogP contribution in [-0.2, 0) is 4.79 Å². The van der Waals surface area contributed by atoms with Crippen molar-refractivity contribution in [3.63, 3.8) is 0 Å². The largest absolute Gasteiger partial charge is 0.344 e. The number of nitrogens with zero attached hydrogens (tertiary/aromatic N) is 3. The maximum absolute atomic E-state index is 11.3. The van der Waals surface area contributed by atoms with Gasteiger partial charge in [0, 0.05) is 16.0 Å². The molecule has 106 valence electrons. The lowest BCUT2D eigenvalue weighted by atomic mass is 10.2. The molecule has 0 atom stereocenters. The third kappa shape index (κ3) is 3.09. The second kappa shape index (κ2) is 5.63. The maximum atomic E-state index is 11.3. The van der Waals surface area contributed by atoms with E-state index in [0.717, 1.165) is 15.6 Å². The molecule has 0 radical (unpaired) electrons. The summed E-state index contributed by atoms with van der Waals surface area (Å²) in [6, 6.07) is 6.84. The molecule has 1 aliphatic rings. The molecule has 0 aliphatic carbocycles. The molecule has 1 aromatic heterocycles. The number of hydrogen-bond acceptors (Lipinski definition) is 5. The average Bonchev–Trinajstić information content (AvgIpc) is 3.04. The van der Waals surface area contributed by atoms with Crippen molar-refractivity contribution >= 4 is 41.1 Å². The fourth-order valence-corrected chi connectivity index (χ4v) is 2.63. The number of nitrogens with one attached hydrogen (secondary N) is 1. The van der Waals surface area contributed by atoms with Crippen LogP contribution in [0.4, 0.5) is 4.79 Å². The van der Waals surface area contributed by atoms with Gasteiger partial charge < -0.3 is 0 Å². The van der Waals surface area contributed by atoms with Gasteiger partial charge in [-0.1, -0.05) is 23.7 Å². The summed E-state index contributed by atoms with van der Waals surface area (Å²) in [4.78, 5) is 26.7. The standard InChI is InChI=1S/C13H9ClN4O2S/c14-9-3-1-8(2-4-9)12-16-10(7-21-12)5-15-18-6-11(19)17-13(18)20/h1-5,7H,6H2,(H,17,19,20)/b15-5-. The summed E-state index contributed by atoms with van der Waals surface area (Å²) < 4.78 is 0. The number of amides is 3. The van der Waals surface area contributed by atoms with Gasteiger partial charge in [0.2, 0.25) is 5.91 Å². The molecule has 0 spiro atoms. The van der Waals surface area contributed by atoms with E-state index in [9.17, 15) is 9.59 Å². The van der Waals surface area contributed by atoms with Gasteiger partial charge in [-0.15, -0.1) is 11.3 Å². The van der Waals surface area contributed by atoms with Gasteiger partial charge in [0.1, 0.15) is 11.6 Å². The molecule has 1 saturated heterocycles. The molecule has 0 unspecified atom stereocenters. The highest BCUT2D eigenvalue weighted by Gasteiger charge is 2.25. The van der Waals surface area contributed by atoms with Gasteiger partial charge >= 0.3 is 6.03 Å². The Morgan fingerprint density at radius 3 is 2.76 bits per heavy atom. The predicted molar refractivity (Wildman–Crippen MR) is 80.4 cm³/mol. The van der Waals surface area contributed by atoms with Crippen LogP contribution in [0.2, 0.25) is 5.02 Å². The zero-order chi connectivity index (χ0) is 14.8. The van der Waals surface area contributed by atoms with Crippen LogP contribution < -0.4 is 5.32 Å². The third-order valence-corrected chi connectivity index (χ3v) is 3.88. The summed E-state index contributed by atoms with van der Waals surface area (Å²) in [5.74, 6) is -0.364. The van der Waals surface area contributed by atoms with Crippen LogP contribution in [0, 0.1) is 0 Å². The number of carbonyl (C=O) groups is 2. The van der Waals surface area contributed by atoms with Gasteiger partial charge in [0.15, 0.2) is 0 Å². The number of hydrazone groups is 1. The van der Waals surface area contributed by atoms with Gasteiger partial charge in [-0.3, -0.25) is 10.1 Å². The Bertz CT molecular complexity index is 726. The lowest BCUT2D eigenvalue weighted by molar-refractivity contribution is -0.118. The van der Waals surface area contributed by atoms with Crippen LogP contribution >= 0.6 is 22.9 Å². The first-order valence-electron chi connectivity index (χ1n) is 5.98. The van der Waals surface area contributed by atoms with Crippen LogP contribution in [0.25, 0.3) is 10.6 Å². The van der Waals surface area contributed by atoms with E-state index in [0.29, 0.717) is 10.7 Å². The molecule has 8 heteroatoms. The highest BCUT2D eigenvalue weighted by molar-refractivity contribution is 7.13. The van der Waals surface area contributed by atoms with Crippen LogP contribution in [-0.4, -0.2) is 34.7 Å². The highest BCUT2D eigenvalue weighted by Crippen LogP contribution is 2.24. The molecule has 1 aromatic carbocycles. The fourth-order valence-electron chi connectivity index (χ4n) is 1.72. The molecular weight excluding hydrogens is 312 g/mol. The van der Waals surface area contributed by atoms with Crippen molar-refractivity contribution in [3.8, 4) is 10.6 Å². The number of thiazole rings is 1. The molecule has 3 amide bonds. The fraction of sp³-hybridized carbons (Fsp3) is 0.0769. The summed E-state index contributed by atoms with van der Waals surface area (Å²) in [6.07, 6.45) is 1.45. The molecule has 21 heavy (non-hydrogen) atoms. The van der Waals surface area contributed by atoms with Crippen molar-refractivity contribution in [1.29, 1.82) is 0 Å². The normalized spacial score (nSPS) is 15.0. The number of carbonyl (C=O) groups excluding carboxylic acids is 2. The van der Waals surface area contributed by atoms with Gasteiger partial charge in [0.05, 0.1) is 11.9 Å². The lowest BCUT2D eigenvalue weighted by Gasteiger charge is -2.02. The number of hydrogen-bond donors (Lipinski definition) is 1. The third-order valence-electron chi connectivity index (χ3n) is 2.72. The molecule has 1 aliphatic heterocycles. The van der Waals surface area contributed by atoms with E-state index in [4.69, 9.17) is 11.6 Å². The summed E-state index contributed by atoms with van der Waals surface area (Å²) >= 11 is 7.30.